The number of carbonyl (C=O) groups excluding carboxylic acids is 1. The Bertz CT molecular complexity index is 2000. The molecule has 0 spiro atoms. The normalized spacial score (nSPS) is 32.9. The summed E-state index contributed by atoms with van der Waals surface area (Å²) >= 11 is 0. The molecule has 0 bridgehead atoms. The smallest absolute Gasteiger partial charge is 0.311 e. The predicted molar refractivity (Wildman–Crippen MR) is 212 cm³/mol. The van der Waals surface area contributed by atoms with Crippen molar-refractivity contribution in [2.24, 2.45) is 5.92 Å². The molecule has 1 saturated carbocycles. The van der Waals surface area contributed by atoms with Crippen LogP contribution in [0, 0.1) is 11.7 Å². The van der Waals surface area contributed by atoms with Crippen LogP contribution in [-0.2, 0) is 29.1 Å². The van der Waals surface area contributed by atoms with Crippen LogP contribution in [0.4, 0.5) is 10.1 Å². The molecular weight excluding hydrogens is 806 g/mol. The molecule has 60 heavy (non-hydrogen) atoms. The highest BCUT2D eigenvalue weighted by Gasteiger charge is 2.50. The van der Waals surface area contributed by atoms with Crippen molar-refractivity contribution in [3.63, 3.8) is 0 Å². The number of hydrogen-bond acceptors (Lipinski definition) is 14. The van der Waals surface area contributed by atoms with E-state index in [9.17, 15) is 53.3 Å². The van der Waals surface area contributed by atoms with Crippen molar-refractivity contribution in [2.75, 3.05) is 23.9 Å². The van der Waals surface area contributed by atoms with Gasteiger partial charge in [0.05, 0.1) is 55.7 Å². The minimum atomic E-state index is -4.52. The third kappa shape index (κ3) is 10.0. The second-order valence-corrected chi connectivity index (χ2v) is 17.9. The van der Waals surface area contributed by atoms with E-state index in [2.05, 4.69) is 0 Å². The first kappa shape index (κ1) is 44.5. The number of anilines is 1. The number of aliphatic hydroxyl groups excluding tert-OH is 7. The summed E-state index contributed by atoms with van der Waals surface area (Å²) < 4.78 is 65.0. The Morgan fingerprint density at radius 3 is 2.23 bits per heavy atom. The summed E-state index contributed by atoms with van der Waals surface area (Å²) in [5.41, 5.74) is 2.28. The van der Waals surface area contributed by atoms with Crippen molar-refractivity contribution in [2.45, 2.75) is 125 Å². The first-order chi connectivity index (χ1) is 28.7. The molecule has 1 amide bonds. The van der Waals surface area contributed by atoms with E-state index in [1.54, 1.807) is 41.3 Å². The Morgan fingerprint density at radius 2 is 1.55 bits per heavy atom. The lowest BCUT2D eigenvalue weighted by Crippen LogP contribution is -2.57. The molecule has 7 rings (SSSR count). The van der Waals surface area contributed by atoms with Crippen molar-refractivity contribution in [1.29, 1.82) is 0 Å². The van der Waals surface area contributed by atoms with Crippen LogP contribution in [0.2, 0.25) is 0 Å². The molecule has 7 N–H and O–H groups in total. The maximum absolute atomic E-state index is 14.1. The van der Waals surface area contributed by atoms with E-state index in [1.165, 1.54) is 24.3 Å². The number of hydrogen-bond donors (Lipinski definition) is 7. The Balaban J connectivity index is 1.13. The minimum Gasteiger partial charge on any atom is -0.394 e. The highest BCUT2D eigenvalue weighted by Crippen LogP contribution is 2.50. The largest absolute Gasteiger partial charge is 0.394 e. The molecular formula is C43H54FNO14S. The lowest BCUT2D eigenvalue weighted by Gasteiger charge is -2.48. The molecule has 15 nitrogen and oxygen atoms in total. The van der Waals surface area contributed by atoms with Crippen LogP contribution in [-0.4, -0.2) is 124 Å². The summed E-state index contributed by atoms with van der Waals surface area (Å²) in [7, 11) is -4.52. The van der Waals surface area contributed by atoms with Crippen molar-refractivity contribution >= 4 is 21.7 Å². The second kappa shape index (κ2) is 19.2. The topological polar surface area (TPSA) is 233 Å². The quantitative estimate of drug-likeness (QED) is 0.0861. The van der Waals surface area contributed by atoms with Gasteiger partial charge in [0.15, 0.2) is 6.29 Å². The molecule has 0 aromatic heterocycles. The number of nitrogens with zero attached hydrogens (tertiary/aromatic N) is 1. The fourth-order valence-corrected chi connectivity index (χ4v) is 10.1. The van der Waals surface area contributed by atoms with Gasteiger partial charge in [0, 0.05) is 24.1 Å². The zero-order chi connectivity index (χ0) is 42.7. The van der Waals surface area contributed by atoms with Crippen LogP contribution >= 0.6 is 0 Å². The highest BCUT2D eigenvalue weighted by molar-refractivity contribution is 7.87. The number of aliphatic hydroxyl groups is 7. The van der Waals surface area contributed by atoms with E-state index in [-0.39, 0.29) is 43.3 Å². The lowest BCUT2D eigenvalue weighted by molar-refractivity contribution is -0.301. The molecule has 328 valence electrons. The standard InChI is InChI=1S/C43H54FNO14S/c44-27-11-6-25(7-12-27)33(49)17-16-32-40(45(43(32)53)28-4-2-1-3-5-28)31-15-10-26(24-8-13-29(48)14-9-24)18-36(31)59-60(54,55)23-30-19-35(51)42(38(22-47)56-30)58-39-20-34(50)41(52)37(21-46)57-39/h1-7,10-12,15,18,24,29-30,32-35,37-42,46-52H,8-9,13-14,16-17,19-23H2/t24?,29?,30-,32-,33+,34-,35-,37-,38-,39+,40-,41+,42?/m1/s1. The molecule has 17 heteroatoms. The van der Waals surface area contributed by atoms with E-state index in [1.807, 2.05) is 12.1 Å². The average Bonchev–Trinajstić information content (AvgIpc) is 3.22. The fraction of sp³-hybridized carbons (Fsp3) is 0.558. The zero-order valence-corrected chi connectivity index (χ0v) is 33.8. The van der Waals surface area contributed by atoms with Gasteiger partial charge in [-0.2, -0.15) is 8.42 Å². The molecule has 11 atom stereocenters. The van der Waals surface area contributed by atoms with Crippen LogP contribution in [0.3, 0.4) is 0 Å². The third-order valence-corrected chi connectivity index (χ3v) is 13.4. The molecule has 4 fully saturated rings. The molecule has 4 aliphatic rings. The summed E-state index contributed by atoms with van der Waals surface area (Å²) in [6.07, 6.45) is -8.93. The van der Waals surface area contributed by atoms with Crippen LogP contribution in [0.5, 0.6) is 5.75 Å². The maximum atomic E-state index is 14.1. The molecule has 0 radical (unpaired) electrons. The van der Waals surface area contributed by atoms with E-state index in [4.69, 9.17) is 18.4 Å². The number of rotatable bonds is 15. The number of benzene rings is 3. The van der Waals surface area contributed by atoms with Gasteiger partial charge in [-0.15, -0.1) is 0 Å². The molecule has 3 aromatic carbocycles. The first-order valence-electron chi connectivity index (χ1n) is 20.5. The summed E-state index contributed by atoms with van der Waals surface area (Å²) in [5, 5.41) is 72.5. The van der Waals surface area contributed by atoms with Gasteiger partial charge in [-0.25, -0.2) is 4.39 Å². The molecule has 1 unspecified atom stereocenters. The predicted octanol–water partition coefficient (Wildman–Crippen LogP) is 2.50. The van der Waals surface area contributed by atoms with Crippen molar-refractivity contribution in [1.82, 2.24) is 0 Å². The van der Waals surface area contributed by atoms with Gasteiger partial charge >= 0.3 is 10.1 Å². The van der Waals surface area contributed by atoms with Crippen LogP contribution in [0.25, 0.3) is 0 Å². The monoisotopic (exact) mass is 859 g/mol. The molecule has 3 heterocycles. The number of ether oxygens (including phenoxy) is 3. The summed E-state index contributed by atoms with van der Waals surface area (Å²) in [5.74, 6) is -2.10. The Kier molecular flexibility index (Phi) is 14.2. The summed E-state index contributed by atoms with van der Waals surface area (Å²) in [4.78, 5) is 15.5. The van der Waals surface area contributed by atoms with Gasteiger partial charge in [0.25, 0.3) is 0 Å². The summed E-state index contributed by atoms with van der Waals surface area (Å²) in [6.45, 7) is -1.28. The zero-order valence-electron chi connectivity index (χ0n) is 32.9. The number of carbonyl (C=O) groups is 1. The SMILES string of the molecule is O=C1[C@H](CC[C@H](O)c2ccc(F)cc2)[C@@H](c2ccc(C3CCC(O)CC3)cc2OS(=O)(=O)C[C@H]2C[C@@H](O)C(O[C@H]3C[C@@H](O)[C@H](O)[C@@H](CO)O3)[C@@H](CO)O2)N1c1ccccc1. The second-order valence-electron chi connectivity index (χ2n) is 16.3. The lowest BCUT2D eigenvalue weighted by atomic mass is 9.76. The van der Waals surface area contributed by atoms with Crippen molar-refractivity contribution < 1.29 is 71.7 Å². The van der Waals surface area contributed by atoms with Crippen molar-refractivity contribution in [3.05, 3.63) is 95.3 Å². The number of halogens is 1. The minimum absolute atomic E-state index is 0.00616. The fourth-order valence-electron chi connectivity index (χ4n) is 8.97. The van der Waals surface area contributed by atoms with Gasteiger partial charge in [0.1, 0.15) is 41.7 Å². The van der Waals surface area contributed by atoms with E-state index < -0.39 is 108 Å². The van der Waals surface area contributed by atoms with Gasteiger partial charge in [-0.3, -0.25) is 4.79 Å². The maximum Gasteiger partial charge on any atom is 0.311 e. The number of amides is 1. The van der Waals surface area contributed by atoms with E-state index in [0.717, 1.165) is 5.56 Å². The van der Waals surface area contributed by atoms with Crippen LogP contribution < -0.4 is 9.08 Å². The number of para-hydroxylation sites is 1. The van der Waals surface area contributed by atoms with E-state index in [0.29, 0.717) is 42.5 Å². The Morgan fingerprint density at radius 1 is 0.850 bits per heavy atom. The van der Waals surface area contributed by atoms with Gasteiger partial charge < -0.3 is 59.0 Å². The first-order valence-corrected chi connectivity index (χ1v) is 22.1. The average molecular weight is 860 g/mol. The highest BCUT2D eigenvalue weighted by atomic mass is 32.2. The van der Waals surface area contributed by atoms with Gasteiger partial charge in [-0.05, 0) is 85.9 Å². The number of β-lactam (4-membered cyclic amide) rings is 1. The summed E-state index contributed by atoms with van der Waals surface area (Å²) in [6, 6.07) is 19.0. The third-order valence-electron chi connectivity index (χ3n) is 12.2. The van der Waals surface area contributed by atoms with Crippen LogP contribution in [0.1, 0.15) is 86.1 Å². The Labute approximate surface area is 348 Å². The van der Waals surface area contributed by atoms with Gasteiger partial charge in [-0.1, -0.05) is 42.5 Å². The molecule has 3 aromatic rings. The van der Waals surface area contributed by atoms with E-state index >= 15 is 0 Å². The van der Waals surface area contributed by atoms with Crippen molar-refractivity contribution in [3.8, 4) is 5.75 Å². The Hall–Kier alpha value is -3.59. The molecule has 1 aliphatic carbocycles. The molecule has 3 saturated heterocycles. The van der Waals surface area contributed by atoms with Gasteiger partial charge in [0.2, 0.25) is 5.91 Å². The van der Waals surface area contributed by atoms with Crippen LogP contribution in [0.15, 0.2) is 72.8 Å². The molecule has 3 aliphatic heterocycles.